The molecule has 0 bridgehead atoms. The quantitative estimate of drug-likeness (QED) is 0.746. The molecule has 1 aliphatic rings. The number of hydrogen-bond acceptors (Lipinski definition) is 4. The van der Waals surface area contributed by atoms with E-state index in [0.717, 1.165) is 12.8 Å². The van der Waals surface area contributed by atoms with Crippen LogP contribution >= 0.6 is 0 Å². The monoisotopic (exact) mass is 275 g/mol. The predicted octanol–water partition coefficient (Wildman–Crippen LogP) is 4.52. The zero-order valence-corrected chi connectivity index (χ0v) is 12.3. The van der Waals surface area contributed by atoms with Crippen molar-refractivity contribution in [3.63, 3.8) is 0 Å². The molecule has 110 valence electrons. The predicted molar refractivity (Wildman–Crippen MR) is 80.9 cm³/mol. The van der Waals surface area contributed by atoms with Crippen LogP contribution in [0.4, 0.5) is 0 Å². The molecule has 0 unspecified atom stereocenters. The summed E-state index contributed by atoms with van der Waals surface area (Å²) in [7, 11) is 0. The molecule has 0 spiro atoms. The van der Waals surface area contributed by atoms with Crippen LogP contribution in [-0.4, -0.2) is 15.9 Å². The van der Waals surface area contributed by atoms with E-state index in [0.29, 0.717) is 5.88 Å². The van der Waals surface area contributed by atoms with Crippen molar-refractivity contribution in [2.75, 3.05) is 0 Å². The molecule has 1 heterocycles. The van der Waals surface area contributed by atoms with Crippen LogP contribution in [0.5, 0.6) is 5.88 Å². The fourth-order valence-electron chi connectivity index (χ4n) is 2.56. The summed E-state index contributed by atoms with van der Waals surface area (Å²) >= 11 is 0. The van der Waals surface area contributed by atoms with Gasteiger partial charge in [-0.25, -0.2) is 0 Å². The van der Waals surface area contributed by atoms with E-state index in [1.165, 1.54) is 63.5 Å². The van der Waals surface area contributed by atoms with Gasteiger partial charge in [-0.3, -0.25) is 0 Å². The molecule has 0 amide bonds. The molecule has 4 nitrogen and oxygen atoms in total. The Morgan fingerprint density at radius 1 is 0.850 bits per heavy atom. The molecule has 1 saturated carbocycles. The Kier molecular flexibility index (Phi) is 7.07. The average Bonchev–Trinajstić information content (AvgIpc) is 2.48. The Balaban J connectivity index is 1.84. The summed E-state index contributed by atoms with van der Waals surface area (Å²) in [6, 6.07) is 3.59. The molecule has 0 saturated heterocycles. The fraction of sp³-hybridized carbons (Fsp3) is 0.688. The Bertz CT molecular complexity index is 378. The van der Waals surface area contributed by atoms with E-state index in [2.05, 4.69) is 15.4 Å². The van der Waals surface area contributed by atoms with E-state index >= 15 is 0 Å². The molecule has 0 aromatic carbocycles. The number of hydrogen-bond donors (Lipinski definition) is 0. The second-order valence-corrected chi connectivity index (χ2v) is 5.49. The van der Waals surface area contributed by atoms with Crippen LogP contribution in [0.15, 0.2) is 23.5 Å². The first-order chi connectivity index (χ1) is 9.95. The van der Waals surface area contributed by atoms with E-state index in [-0.39, 0.29) is 0 Å². The second kappa shape index (κ2) is 9.45. The number of nitrogens with zero attached hydrogens (tertiary/aromatic N) is 3. The summed E-state index contributed by atoms with van der Waals surface area (Å²) in [5, 5.41) is 12.0. The highest BCUT2D eigenvalue weighted by Gasteiger charge is 2.04. The second-order valence-electron chi connectivity index (χ2n) is 5.49. The first-order valence-corrected chi connectivity index (χ1v) is 7.95. The largest absolute Gasteiger partial charge is 0.335 e. The van der Waals surface area contributed by atoms with Crippen molar-refractivity contribution in [2.45, 2.75) is 70.6 Å². The lowest BCUT2D eigenvalue weighted by Crippen LogP contribution is -2.03. The topological polar surface area (TPSA) is 47.4 Å². The third kappa shape index (κ3) is 6.13. The summed E-state index contributed by atoms with van der Waals surface area (Å²) in [6.45, 7) is 0. The van der Waals surface area contributed by atoms with Gasteiger partial charge in [0, 0.05) is 12.3 Å². The van der Waals surface area contributed by atoms with Crippen LogP contribution in [0, 0.1) is 0 Å². The van der Waals surface area contributed by atoms with Crippen LogP contribution in [0.3, 0.4) is 0 Å². The third-order valence-corrected chi connectivity index (χ3v) is 3.75. The Hall–Kier alpha value is -1.45. The summed E-state index contributed by atoms with van der Waals surface area (Å²) in [5.74, 6) is 0.478. The molecule has 0 N–H and O–H groups in total. The van der Waals surface area contributed by atoms with Crippen LogP contribution in [0.1, 0.15) is 70.6 Å². The lowest BCUT2D eigenvalue weighted by Gasteiger charge is -2.08. The highest BCUT2D eigenvalue weighted by Crippen LogP contribution is 2.16. The van der Waals surface area contributed by atoms with Crippen LogP contribution in [0.25, 0.3) is 0 Å². The minimum atomic E-state index is 0.478. The maximum absolute atomic E-state index is 5.38. The lowest BCUT2D eigenvalue weighted by atomic mass is 10.00. The van der Waals surface area contributed by atoms with Crippen molar-refractivity contribution >= 4 is 5.71 Å². The molecule has 4 heteroatoms. The van der Waals surface area contributed by atoms with Gasteiger partial charge >= 0.3 is 0 Å². The van der Waals surface area contributed by atoms with Gasteiger partial charge in [0.05, 0.1) is 5.71 Å². The van der Waals surface area contributed by atoms with E-state index < -0.39 is 0 Å². The lowest BCUT2D eigenvalue weighted by molar-refractivity contribution is 0.320. The first kappa shape index (κ1) is 14.9. The van der Waals surface area contributed by atoms with Crippen molar-refractivity contribution in [3.8, 4) is 5.88 Å². The Labute approximate surface area is 121 Å². The molecule has 1 aromatic heterocycles. The molecule has 2 rings (SSSR count). The minimum Gasteiger partial charge on any atom is -0.335 e. The summed E-state index contributed by atoms with van der Waals surface area (Å²) in [4.78, 5) is 5.38. The van der Waals surface area contributed by atoms with Gasteiger partial charge in [0.25, 0.3) is 5.88 Å². The van der Waals surface area contributed by atoms with E-state index in [9.17, 15) is 0 Å². The summed E-state index contributed by atoms with van der Waals surface area (Å²) in [5.41, 5.74) is 1.18. The van der Waals surface area contributed by atoms with Gasteiger partial charge < -0.3 is 4.84 Å². The molecule has 20 heavy (non-hydrogen) atoms. The Morgan fingerprint density at radius 3 is 2.00 bits per heavy atom. The smallest absolute Gasteiger partial charge is 0.267 e. The van der Waals surface area contributed by atoms with Gasteiger partial charge in [-0.05, 0) is 31.7 Å². The van der Waals surface area contributed by atoms with Crippen LogP contribution in [-0.2, 0) is 0 Å². The molecule has 0 radical (unpaired) electrons. The molecule has 0 atom stereocenters. The molecule has 1 fully saturated rings. The zero-order valence-electron chi connectivity index (χ0n) is 12.3. The van der Waals surface area contributed by atoms with E-state index in [4.69, 9.17) is 4.84 Å². The van der Waals surface area contributed by atoms with E-state index in [1.54, 1.807) is 12.3 Å². The zero-order chi connectivity index (χ0) is 13.9. The normalized spacial score (nSPS) is 18.7. The van der Waals surface area contributed by atoms with Gasteiger partial charge in [0.2, 0.25) is 0 Å². The molecular weight excluding hydrogens is 250 g/mol. The van der Waals surface area contributed by atoms with Crippen molar-refractivity contribution < 1.29 is 4.84 Å². The van der Waals surface area contributed by atoms with Gasteiger partial charge in [-0.2, -0.15) is 5.10 Å². The highest BCUT2D eigenvalue weighted by molar-refractivity contribution is 5.83. The highest BCUT2D eigenvalue weighted by atomic mass is 16.6. The number of oxime groups is 1. The van der Waals surface area contributed by atoms with Crippen LogP contribution in [0.2, 0.25) is 0 Å². The number of rotatable bonds is 2. The molecule has 1 aromatic rings. The maximum atomic E-state index is 5.38. The third-order valence-electron chi connectivity index (χ3n) is 3.75. The van der Waals surface area contributed by atoms with Crippen molar-refractivity contribution in [2.24, 2.45) is 5.16 Å². The Morgan fingerprint density at radius 2 is 1.45 bits per heavy atom. The van der Waals surface area contributed by atoms with Crippen molar-refractivity contribution in [1.82, 2.24) is 10.2 Å². The fourth-order valence-corrected chi connectivity index (χ4v) is 2.56. The van der Waals surface area contributed by atoms with Gasteiger partial charge in [0.15, 0.2) is 0 Å². The van der Waals surface area contributed by atoms with E-state index in [1.807, 2.05) is 6.07 Å². The molecular formula is C16H25N3O. The average molecular weight is 275 g/mol. The number of aromatic nitrogens is 2. The van der Waals surface area contributed by atoms with Gasteiger partial charge in [-0.15, -0.1) is 5.10 Å². The standard InChI is InChI=1S/C16H25N3O/c1-2-4-6-8-11-15(12-9-7-5-3-1)19-20-16-13-10-14-17-18-16/h10,13-14H,1-9,11-12H2. The van der Waals surface area contributed by atoms with Gasteiger partial charge in [-0.1, -0.05) is 50.1 Å². The molecule has 0 aliphatic heterocycles. The minimum absolute atomic E-state index is 0.478. The van der Waals surface area contributed by atoms with Crippen LogP contribution < -0.4 is 4.84 Å². The van der Waals surface area contributed by atoms with Gasteiger partial charge in [0.1, 0.15) is 0 Å². The molecule has 1 aliphatic carbocycles. The van der Waals surface area contributed by atoms with Crippen molar-refractivity contribution in [1.29, 1.82) is 0 Å². The SMILES string of the molecule is c1cnnc(ON=C2CCCCCCCCCCC2)c1. The summed E-state index contributed by atoms with van der Waals surface area (Å²) < 4.78 is 0. The van der Waals surface area contributed by atoms with Crippen molar-refractivity contribution in [3.05, 3.63) is 18.3 Å². The first-order valence-electron chi connectivity index (χ1n) is 7.95. The summed E-state index contributed by atoms with van der Waals surface area (Å²) in [6.07, 6.45) is 15.7. The maximum Gasteiger partial charge on any atom is 0.267 e.